The fraction of sp³-hybridized carbons (Fsp3) is 0.442. The van der Waals surface area contributed by atoms with Crippen molar-refractivity contribution in [3.05, 3.63) is 94.8 Å². The smallest absolute Gasteiger partial charge is 0.280 e. The standard InChI is InChI=1S/C43H54FN5O6/c1-42(2,3)29-49-33-13-8-30(9-14-33)20-23-47(6)37(50)18-21-43(4,5)22-19-38(51)48(7)24-25-55-34-15-11-32(12-16-34)40(53)45-27-31-10-17-36(44)35(26-31)41(54)46-28-39(49)52/h8-17,26,28H,18-25,27,29H2,1-7H3,(H,45,53). The minimum absolute atomic E-state index is 0.00386. The molecule has 0 atom stereocenters. The molecule has 294 valence electrons. The predicted octanol–water partition coefficient (Wildman–Crippen LogP) is 6.48. The largest absolute Gasteiger partial charge is 0.492 e. The molecule has 3 aromatic rings. The number of amides is 5. The Labute approximate surface area is 323 Å². The first-order valence-electron chi connectivity index (χ1n) is 18.7. The van der Waals surface area contributed by atoms with Crippen LogP contribution in [0.25, 0.3) is 0 Å². The van der Waals surface area contributed by atoms with Gasteiger partial charge in [0.2, 0.25) is 11.8 Å². The quantitative estimate of drug-likeness (QED) is 0.303. The van der Waals surface area contributed by atoms with Gasteiger partial charge in [-0.15, -0.1) is 0 Å². The van der Waals surface area contributed by atoms with E-state index in [1.54, 1.807) is 48.2 Å². The van der Waals surface area contributed by atoms with Gasteiger partial charge in [-0.05, 0) is 89.8 Å². The normalized spacial score (nSPS) is 17.7. The summed E-state index contributed by atoms with van der Waals surface area (Å²) < 4.78 is 20.6. The number of likely N-dealkylation sites (N-methyl/N-ethyl adjacent to an activating group) is 2. The highest BCUT2D eigenvalue weighted by Crippen LogP contribution is 2.29. The fourth-order valence-electron chi connectivity index (χ4n) is 5.94. The molecule has 4 aliphatic rings. The molecular formula is C43H54FN5O6. The van der Waals surface area contributed by atoms with Gasteiger partial charge in [0.1, 0.15) is 18.2 Å². The van der Waals surface area contributed by atoms with Crippen LogP contribution in [0.2, 0.25) is 0 Å². The van der Waals surface area contributed by atoms with Crippen molar-refractivity contribution in [2.24, 2.45) is 15.8 Å². The van der Waals surface area contributed by atoms with Crippen molar-refractivity contribution in [1.82, 2.24) is 15.1 Å². The zero-order valence-electron chi connectivity index (χ0n) is 33.1. The van der Waals surface area contributed by atoms with Crippen molar-refractivity contribution >= 4 is 41.4 Å². The molecule has 4 aliphatic heterocycles. The van der Waals surface area contributed by atoms with E-state index >= 15 is 0 Å². The van der Waals surface area contributed by atoms with Crippen LogP contribution in [-0.2, 0) is 27.3 Å². The summed E-state index contributed by atoms with van der Waals surface area (Å²) in [5, 5.41) is 2.77. The minimum atomic E-state index is -0.930. The molecule has 0 fully saturated rings. The van der Waals surface area contributed by atoms with Crippen molar-refractivity contribution < 1.29 is 33.1 Å². The number of nitrogens with one attached hydrogen (secondary N) is 1. The number of nitrogens with zero attached hydrogens (tertiary/aromatic N) is 4. The number of carbonyl (C=O) groups excluding carboxylic acids is 5. The Hall–Kier alpha value is -5.39. The molecule has 4 heterocycles. The maximum atomic E-state index is 14.8. The highest BCUT2D eigenvalue weighted by molar-refractivity contribution is 6.34. The van der Waals surface area contributed by atoms with Gasteiger partial charge in [-0.3, -0.25) is 24.0 Å². The third-order valence-electron chi connectivity index (χ3n) is 9.58. The maximum Gasteiger partial charge on any atom is 0.280 e. The van der Waals surface area contributed by atoms with E-state index in [0.29, 0.717) is 74.3 Å². The second-order valence-electron chi connectivity index (χ2n) is 16.1. The number of anilines is 1. The van der Waals surface area contributed by atoms with E-state index in [-0.39, 0.29) is 47.3 Å². The molecular weight excluding hydrogens is 702 g/mol. The van der Waals surface area contributed by atoms with E-state index in [0.717, 1.165) is 17.8 Å². The number of rotatable bonds is 1. The zero-order chi connectivity index (χ0) is 40.3. The number of aliphatic imine (C=N–C) groups is 1. The third-order valence-corrected chi connectivity index (χ3v) is 9.58. The summed E-state index contributed by atoms with van der Waals surface area (Å²) in [6, 6.07) is 17.9. The Morgan fingerprint density at radius 1 is 0.800 bits per heavy atom. The highest BCUT2D eigenvalue weighted by atomic mass is 19.1. The predicted molar refractivity (Wildman–Crippen MR) is 212 cm³/mol. The van der Waals surface area contributed by atoms with Gasteiger partial charge in [-0.2, -0.15) is 0 Å². The summed E-state index contributed by atoms with van der Waals surface area (Å²) in [6.07, 6.45) is 3.53. The number of carbonyl (C=O) groups is 5. The molecule has 5 amide bonds. The molecule has 0 unspecified atom stereocenters. The first-order chi connectivity index (χ1) is 25.9. The van der Waals surface area contributed by atoms with Gasteiger partial charge in [0.05, 0.1) is 18.3 Å². The van der Waals surface area contributed by atoms with Crippen LogP contribution in [0, 0.1) is 16.6 Å². The van der Waals surface area contributed by atoms with E-state index < -0.39 is 17.6 Å². The van der Waals surface area contributed by atoms with E-state index in [2.05, 4.69) is 24.2 Å². The van der Waals surface area contributed by atoms with Gasteiger partial charge in [0, 0.05) is 57.8 Å². The lowest BCUT2D eigenvalue weighted by Gasteiger charge is -2.29. The summed E-state index contributed by atoms with van der Waals surface area (Å²) >= 11 is 0. The van der Waals surface area contributed by atoms with Gasteiger partial charge < -0.3 is 24.8 Å². The molecule has 12 heteroatoms. The minimum Gasteiger partial charge on any atom is -0.492 e. The third kappa shape index (κ3) is 13.2. The molecule has 11 nitrogen and oxygen atoms in total. The second-order valence-corrected chi connectivity index (χ2v) is 16.1. The number of ether oxygens (including phenoxy) is 1. The monoisotopic (exact) mass is 755 g/mol. The molecule has 7 rings (SSSR count). The zero-order valence-corrected chi connectivity index (χ0v) is 33.1. The maximum absolute atomic E-state index is 14.8. The highest BCUT2D eigenvalue weighted by Gasteiger charge is 2.24. The van der Waals surface area contributed by atoms with Gasteiger partial charge in [-0.1, -0.05) is 52.8 Å². The van der Waals surface area contributed by atoms with Crippen LogP contribution in [0.15, 0.2) is 71.7 Å². The summed E-state index contributed by atoms with van der Waals surface area (Å²) in [7, 11) is 3.52. The summed E-state index contributed by atoms with van der Waals surface area (Å²) in [6.45, 7) is 11.6. The molecule has 0 spiro atoms. The van der Waals surface area contributed by atoms with E-state index in [1.807, 2.05) is 45.0 Å². The Morgan fingerprint density at radius 3 is 2.02 bits per heavy atom. The first-order valence-corrected chi connectivity index (χ1v) is 18.7. The molecule has 0 radical (unpaired) electrons. The van der Waals surface area contributed by atoms with Gasteiger partial charge in [0.15, 0.2) is 0 Å². The molecule has 55 heavy (non-hydrogen) atoms. The van der Waals surface area contributed by atoms with Gasteiger partial charge >= 0.3 is 0 Å². The van der Waals surface area contributed by atoms with Crippen molar-refractivity contribution in [1.29, 1.82) is 0 Å². The van der Waals surface area contributed by atoms with Crippen molar-refractivity contribution in [3.8, 4) is 5.75 Å². The summed E-state index contributed by atoms with van der Waals surface area (Å²) in [4.78, 5) is 74.1. The Kier molecular flexibility index (Phi) is 14.5. The van der Waals surface area contributed by atoms with Crippen LogP contribution in [0.1, 0.15) is 92.1 Å². The number of halogens is 1. The van der Waals surface area contributed by atoms with E-state index in [9.17, 15) is 28.4 Å². The van der Waals surface area contributed by atoms with Crippen LogP contribution in [0.5, 0.6) is 5.75 Å². The Morgan fingerprint density at radius 2 is 1.40 bits per heavy atom. The van der Waals surface area contributed by atoms with Gasteiger partial charge in [0.25, 0.3) is 17.7 Å². The van der Waals surface area contributed by atoms with Crippen LogP contribution < -0.4 is 15.0 Å². The topological polar surface area (TPSA) is 129 Å². The van der Waals surface area contributed by atoms with E-state index in [1.165, 1.54) is 17.0 Å². The number of hydrogen-bond acceptors (Lipinski definition) is 6. The van der Waals surface area contributed by atoms with Crippen molar-refractivity contribution in [3.63, 3.8) is 0 Å². The lowest BCUT2D eigenvalue weighted by Crippen LogP contribution is -2.38. The van der Waals surface area contributed by atoms with Crippen LogP contribution in [-0.4, -0.2) is 85.9 Å². The van der Waals surface area contributed by atoms with Crippen LogP contribution in [0.4, 0.5) is 10.1 Å². The molecule has 1 N–H and O–H groups in total. The van der Waals surface area contributed by atoms with Crippen LogP contribution in [0.3, 0.4) is 0 Å². The number of benzene rings is 3. The van der Waals surface area contributed by atoms with Crippen LogP contribution >= 0.6 is 0 Å². The summed E-state index contributed by atoms with van der Waals surface area (Å²) in [5.41, 5.74) is 1.58. The average molecular weight is 756 g/mol. The molecule has 6 bridgehead atoms. The lowest BCUT2D eigenvalue weighted by molar-refractivity contribution is -0.131. The number of hydrogen-bond donors (Lipinski definition) is 1. The molecule has 0 aliphatic carbocycles. The fourth-order valence-corrected chi connectivity index (χ4v) is 5.94. The van der Waals surface area contributed by atoms with E-state index in [4.69, 9.17) is 4.74 Å². The van der Waals surface area contributed by atoms with Crippen molar-refractivity contribution in [2.75, 3.05) is 45.2 Å². The van der Waals surface area contributed by atoms with Gasteiger partial charge in [-0.25, -0.2) is 9.38 Å². The molecule has 0 saturated heterocycles. The SMILES string of the molecule is CN1CCOc2ccc(cc2)C(=O)NCc2ccc(F)c(c2)C(=O)N=CC(=O)N(CC(C)(C)C)c2ccc(cc2)CCN(C)C(=O)CCC(C)(C)CCC1=O. The molecule has 0 aromatic heterocycles. The van der Waals surface area contributed by atoms with Crippen molar-refractivity contribution in [2.45, 2.75) is 73.3 Å². The average Bonchev–Trinajstić information content (AvgIpc) is 3.15. The Bertz CT molecular complexity index is 1870. The first kappa shape index (κ1) is 42.4. The second kappa shape index (κ2) is 18.8. The summed E-state index contributed by atoms with van der Waals surface area (Å²) in [5.74, 6) is -2.09. The Balaban J connectivity index is 1.55. The molecule has 0 saturated carbocycles. The lowest BCUT2D eigenvalue weighted by atomic mass is 9.83. The molecule has 3 aromatic carbocycles.